The van der Waals surface area contributed by atoms with Crippen molar-refractivity contribution in [1.29, 1.82) is 0 Å². The molecule has 16 heavy (non-hydrogen) atoms. The molecular formula is C11H17N3O2. The zero-order valence-corrected chi connectivity index (χ0v) is 9.56. The van der Waals surface area contributed by atoms with E-state index >= 15 is 0 Å². The fourth-order valence-electron chi connectivity index (χ4n) is 1.54. The Hall–Kier alpha value is -1.65. The number of carbonyl (C=O) groups is 2. The number of piperidine rings is 1. The van der Waals surface area contributed by atoms with Gasteiger partial charge >= 0.3 is 0 Å². The quantitative estimate of drug-likeness (QED) is 0.507. The van der Waals surface area contributed by atoms with Crippen LogP contribution in [0, 0.1) is 0 Å². The first-order chi connectivity index (χ1) is 7.65. The molecule has 1 saturated heterocycles. The number of carbonyl (C=O) groups excluding carboxylic acids is 2. The summed E-state index contributed by atoms with van der Waals surface area (Å²) in [6.45, 7) is 4.38. The maximum absolute atomic E-state index is 11.5. The van der Waals surface area contributed by atoms with Gasteiger partial charge in [-0.1, -0.05) is 0 Å². The lowest BCUT2D eigenvalue weighted by Gasteiger charge is -2.26. The molecule has 0 spiro atoms. The smallest absolute Gasteiger partial charge is 0.229 e. The summed E-state index contributed by atoms with van der Waals surface area (Å²) in [6, 6.07) is 0. The molecule has 1 aliphatic rings. The Morgan fingerprint density at radius 3 is 2.62 bits per heavy atom. The number of likely N-dealkylation sites (tertiary alicyclic amines) is 1. The van der Waals surface area contributed by atoms with Crippen molar-refractivity contribution in [1.82, 2.24) is 9.80 Å². The van der Waals surface area contributed by atoms with Crippen LogP contribution in [0.1, 0.15) is 19.3 Å². The van der Waals surface area contributed by atoms with Gasteiger partial charge in [-0.15, -0.1) is 0 Å². The van der Waals surface area contributed by atoms with Gasteiger partial charge in [0.05, 0.1) is 0 Å². The Labute approximate surface area is 95.4 Å². The Bertz CT molecular complexity index is 296. The van der Waals surface area contributed by atoms with E-state index < -0.39 is 0 Å². The van der Waals surface area contributed by atoms with Gasteiger partial charge in [0.2, 0.25) is 11.8 Å². The molecular weight excluding hydrogens is 206 g/mol. The summed E-state index contributed by atoms with van der Waals surface area (Å²) in [5.41, 5.74) is 0. The van der Waals surface area contributed by atoms with Gasteiger partial charge in [0.1, 0.15) is 0 Å². The van der Waals surface area contributed by atoms with Crippen molar-refractivity contribution in [3.8, 4) is 0 Å². The molecule has 0 bridgehead atoms. The van der Waals surface area contributed by atoms with Crippen LogP contribution >= 0.6 is 0 Å². The number of amides is 2. The first-order valence-corrected chi connectivity index (χ1v) is 5.31. The summed E-state index contributed by atoms with van der Waals surface area (Å²) in [5.74, 6) is -0.119. The number of aliphatic imine (C=N–C) groups is 1. The normalized spacial score (nSPS) is 16.9. The number of hydrogen-bond donors (Lipinski definition) is 0. The van der Waals surface area contributed by atoms with Crippen molar-refractivity contribution in [3.05, 3.63) is 12.4 Å². The van der Waals surface area contributed by atoms with Crippen LogP contribution < -0.4 is 0 Å². The second-order valence-corrected chi connectivity index (χ2v) is 3.75. The highest BCUT2D eigenvalue weighted by molar-refractivity contribution is 5.97. The van der Waals surface area contributed by atoms with Crippen molar-refractivity contribution in [2.24, 2.45) is 4.99 Å². The van der Waals surface area contributed by atoms with E-state index in [-0.39, 0.29) is 11.8 Å². The topological polar surface area (TPSA) is 53.0 Å². The highest BCUT2D eigenvalue weighted by atomic mass is 16.2. The SMILES string of the molecule is C=N/C=C\N(C)CCN1C(=O)CCCC1=O. The molecule has 0 radical (unpaired) electrons. The summed E-state index contributed by atoms with van der Waals surface area (Å²) in [4.78, 5) is 29.7. The monoisotopic (exact) mass is 223 g/mol. The Balaban J connectivity index is 2.40. The Kier molecular flexibility index (Phi) is 4.69. The minimum atomic E-state index is -0.0597. The van der Waals surface area contributed by atoms with E-state index in [2.05, 4.69) is 11.7 Å². The number of hydrogen-bond acceptors (Lipinski definition) is 4. The van der Waals surface area contributed by atoms with Gasteiger partial charge in [0.15, 0.2) is 0 Å². The van der Waals surface area contributed by atoms with Crippen molar-refractivity contribution in [3.63, 3.8) is 0 Å². The molecule has 0 atom stereocenters. The molecule has 5 heteroatoms. The van der Waals surface area contributed by atoms with Crippen molar-refractivity contribution in [2.45, 2.75) is 19.3 Å². The fourth-order valence-corrected chi connectivity index (χ4v) is 1.54. The van der Waals surface area contributed by atoms with Crippen molar-refractivity contribution in [2.75, 3.05) is 20.1 Å². The van der Waals surface area contributed by atoms with Gasteiger partial charge in [0, 0.05) is 45.4 Å². The van der Waals surface area contributed by atoms with E-state index in [9.17, 15) is 9.59 Å². The largest absolute Gasteiger partial charge is 0.377 e. The summed E-state index contributed by atoms with van der Waals surface area (Å²) in [6.07, 6.45) is 4.98. The third-order valence-electron chi connectivity index (χ3n) is 2.49. The zero-order valence-electron chi connectivity index (χ0n) is 9.56. The third-order valence-corrected chi connectivity index (χ3v) is 2.49. The molecule has 1 rings (SSSR count). The van der Waals surface area contributed by atoms with E-state index in [1.165, 1.54) is 4.90 Å². The molecule has 2 amide bonds. The minimum absolute atomic E-state index is 0.0597. The molecule has 1 aliphatic heterocycles. The molecule has 0 saturated carbocycles. The van der Waals surface area contributed by atoms with Crippen LogP contribution in [0.5, 0.6) is 0 Å². The van der Waals surface area contributed by atoms with Crippen LogP contribution in [0.3, 0.4) is 0 Å². The molecule has 0 aromatic heterocycles. The van der Waals surface area contributed by atoms with Gasteiger partial charge in [-0.3, -0.25) is 19.5 Å². The maximum atomic E-state index is 11.5. The summed E-state index contributed by atoms with van der Waals surface area (Å²) < 4.78 is 0. The number of nitrogens with zero attached hydrogens (tertiary/aromatic N) is 3. The third kappa shape index (κ3) is 3.49. The van der Waals surface area contributed by atoms with E-state index in [0.717, 1.165) is 0 Å². The molecule has 0 aliphatic carbocycles. The van der Waals surface area contributed by atoms with Crippen LogP contribution in [0.25, 0.3) is 0 Å². The minimum Gasteiger partial charge on any atom is -0.377 e. The van der Waals surface area contributed by atoms with Gasteiger partial charge in [-0.25, -0.2) is 0 Å². The van der Waals surface area contributed by atoms with Crippen LogP contribution in [-0.4, -0.2) is 48.5 Å². The lowest BCUT2D eigenvalue weighted by Crippen LogP contribution is -2.43. The molecule has 1 fully saturated rings. The van der Waals surface area contributed by atoms with E-state index in [4.69, 9.17) is 0 Å². The van der Waals surface area contributed by atoms with Gasteiger partial charge < -0.3 is 4.90 Å². The van der Waals surface area contributed by atoms with Gasteiger partial charge in [-0.2, -0.15) is 0 Å². The van der Waals surface area contributed by atoms with Crippen LogP contribution in [0.2, 0.25) is 0 Å². The fraction of sp³-hybridized carbons (Fsp3) is 0.545. The van der Waals surface area contributed by atoms with Gasteiger partial charge in [0.25, 0.3) is 0 Å². The second kappa shape index (κ2) is 6.05. The molecule has 0 aromatic rings. The van der Waals surface area contributed by atoms with Crippen molar-refractivity contribution < 1.29 is 9.59 Å². The van der Waals surface area contributed by atoms with E-state index in [1.807, 2.05) is 11.9 Å². The molecule has 5 nitrogen and oxygen atoms in total. The Morgan fingerprint density at radius 2 is 2.06 bits per heavy atom. The highest BCUT2D eigenvalue weighted by Gasteiger charge is 2.25. The van der Waals surface area contributed by atoms with Crippen LogP contribution in [-0.2, 0) is 9.59 Å². The number of rotatable bonds is 5. The van der Waals surface area contributed by atoms with Crippen molar-refractivity contribution >= 4 is 18.5 Å². The summed E-state index contributed by atoms with van der Waals surface area (Å²) in [5, 5.41) is 0. The standard InChI is InChI=1S/C11H17N3O2/c1-12-6-7-13(2)8-9-14-10(15)4-3-5-11(14)16/h6-7H,1,3-5,8-9H2,2H3/b7-6-. The number of likely N-dealkylation sites (N-methyl/N-ethyl adjacent to an activating group) is 1. The Morgan fingerprint density at radius 1 is 1.44 bits per heavy atom. The van der Waals surface area contributed by atoms with Crippen LogP contribution in [0.4, 0.5) is 0 Å². The molecule has 0 aromatic carbocycles. The first-order valence-electron chi connectivity index (χ1n) is 5.31. The molecule has 1 heterocycles. The highest BCUT2D eigenvalue weighted by Crippen LogP contribution is 2.11. The second-order valence-electron chi connectivity index (χ2n) is 3.75. The number of imide groups is 1. The van der Waals surface area contributed by atoms with E-state index in [1.54, 1.807) is 12.4 Å². The summed E-state index contributed by atoms with van der Waals surface area (Å²) >= 11 is 0. The average molecular weight is 223 g/mol. The first kappa shape index (κ1) is 12.4. The van der Waals surface area contributed by atoms with E-state index in [0.29, 0.717) is 32.4 Å². The van der Waals surface area contributed by atoms with Crippen LogP contribution in [0.15, 0.2) is 17.4 Å². The summed E-state index contributed by atoms with van der Waals surface area (Å²) in [7, 11) is 1.86. The lowest BCUT2D eigenvalue weighted by atomic mass is 10.1. The average Bonchev–Trinajstić information content (AvgIpc) is 2.25. The van der Waals surface area contributed by atoms with Gasteiger partial charge in [-0.05, 0) is 13.1 Å². The zero-order chi connectivity index (χ0) is 12.0. The molecule has 0 N–H and O–H groups in total. The predicted octanol–water partition coefficient (Wildman–Crippen LogP) is 0.629. The molecule has 0 unspecified atom stereocenters. The maximum Gasteiger partial charge on any atom is 0.229 e. The molecule has 88 valence electrons. The lowest BCUT2D eigenvalue weighted by molar-refractivity contribution is -0.148. The predicted molar refractivity (Wildman–Crippen MR) is 61.9 cm³/mol.